The lowest BCUT2D eigenvalue weighted by Gasteiger charge is -2.34. The van der Waals surface area contributed by atoms with Crippen LogP contribution in [0.1, 0.15) is 37.2 Å². The fraction of sp³-hybridized carbons (Fsp3) is 0.611. The van der Waals surface area contributed by atoms with Gasteiger partial charge in [-0.3, -0.25) is 4.79 Å². The van der Waals surface area contributed by atoms with Gasteiger partial charge in [-0.2, -0.15) is 0 Å². The van der Waals surface area contributed by atoms with Crippen LogP contribution in [0, 0.1) is 0 Å². The molecule has 22 heavy (non-hydrogen) atoms. The van der Waals surface area contributed by atoms with Crippen LogP contribution in [0.15, 0.2) is 30.3 Å². The van der Waals surface area contributed by atoms with Crippen molar-refractivity contribution >= 4 is 5.91 Å². The molecule has 4 nitrogen and oxygen atoms in total. The maximum atomic E-state index is 12.7. The molecule has 0 unspecified atom stereocenters. The molecule has 1 amide bonds. The zero-order valence-electron chi connectivity index (χ0n) is 13.2. The van der Waals surface area contributed by atoms with Crippen molar-refractivity contribution in [2.24, 2.45) is 0 Å². The standard InChI is InChI=1S/C18H26N2O2/c21-18(20-10-12-22-13-11-20)14-16(15-6-2-1-3-7-15)17-8-4-5-9-19-17/h1-3,6-7,16-17,19H,4-5,8-14H2/t16-,17-/m0/s1. The Kier molecular flexibility index (Phi) is 5.46. The predicted octanol–water partition coefficient (Wildman–Crippen LogP) is 2.16. The van der Waals surface area contributed by atoms with Gasteiger partial charge in [-0.1, -0.05) is 36.8 Å². The molecule has 2 aliphatic heterocycles. The quantitative estimate of drug-likeness (QED) is 0.927. The summed E-state index contributed by atoms with van der Waals surface area (Å²) in [5.74, 6) is 0.543. The third-order valence-corrected chi connectivity index (χ3v) is 4.82. The molecule has 0 radical (unpaired) electrons. The fourth-order valence-electron chi connectivity index (χ4n) is 3.54. The van der Waals surface area contributed by atoms with E-state index in [-0.39, 0.29) is 11.8 Å². The number of piperidine rings is 1. The molecule has 2 saturated heterocycles. The Hall–Kier alpha value is -1.39. The molecule has 2 aliphatic rings. The SMILES string of the molecule is O=C(C[C@@H](c1ccccc1)[C@@H]1CCCCN1)N1CCOCC1. The molecule has 1 N–H and O–H groups in total. The van der Waals surface area contributed by atoms with Gasteiger partial charge in [-0.15, -0.1) is 0 Å². The summed E-state index contributed by atoms with van der Waals surface area (Å²) in [6, 6.07) is 10.9. The first-order valence-corrected chi connectivity index (χ1v) is 8.48. The minimum atomic E-state index is 0.268. The number of nitrogens with zero attached hydrogens (tertiary/aromatic N) is 1. The van der Waals surface area contributed by atoms with Gasteiger partial charge < -0.3 is 15.0 Å². The van der Waals surface area contributed by atoms with Crippen molar-refractivity contribution in [2.45, 2.75) is 37.6 Å². The number of morpholine rings is 1. The number of amides is 1. The lowest BCUT2D eigenvalue weighted by atomic mass is 9.84. The summed E-state index contributed by atoms with van der Waals surface area (Å²) in [6.07, 6.45) is 4.26. The molecule has 0 aliphatic carbocycles. The van der Waals surface area contributed by atoms with Crippen molar-refractivity contribution in [2.75, 3.05) is 32.8 Å². The molecule has 0 spiro atoms. The number of hydrogen-bond acceptors (Lipinski definition) is 3. The molecular formula is C18H26N2O2. The maximum Gasteiger partial charge on any atom is 0.223 e. The first-order chi connectivity index (χ1) is 10.8. The van der Waals surface area contributed by atoms with Gasteiger partial charge in [-0.05, 0) is 24.9 Å². The van der Waals surface area contributed by atoms with E-state index in [2.05, 4.69) is 29.6 Å². The number of hydrogen-bond donors (Lipinski definition) is 1. The van der Waals surface area contributed by atoms with Gasteiger partial charge in [0.05, 0.1) is 13.2 Å². The van der Waals surface area contributed by atoms with E-state index in [4.69, 9.17) is 4.74 Å². The number of ether oxygens (including phenoxy) is 1. The molecule has 3 rings (SSSR count). The normalized spacial score (nSPS) is 24.0. The van der Waals surface area contributed by atoms with E-state index in [9.17, 15) is 4.79 Å². The molecule has 2 heterocycles. The molecule has 1 aromatic rings. The van der Waals surface area contributed by atoms with E-state index >= 15 is 0 Å². The van der Waals surface area contributed by atoms with Crippen LogP contribution in [0.25, 0.3) is 0 Å². The van der Waals surface area contributed by atoms with Crippen LogP contribution in [-0.4, -0.2) is 49.7 Å². The Bertz CT molecular complexity index is 465. The average molecular weight is 302 g/mol. The van der Waals surface area contributed by atoms with E-state index in [0.29, 0.717) is 25.7 Å². The van der Waals surface area contributed by atoms with Gasteiger partial charge >= 0.3 is 0 Å². The van der Waals surface area contributed by atoms with Crippen LogP contribution in [-0.2, 0) is 9.53 Å². The van der Waals surface area contributed by atoms with Gasteiger partial charge in [0.2, 0.25) is 5.91 Å². The van der Waals surface area contributed by atoms with Crippen molar-refractivity contribution in [3.05, 3.63) is 35.9 Å². The van der Waals surface area contributed by atoms with Gasteiger partial charge in [-0.25, -0.2) is 0 Å². The van der Waals surface area contributed by atoms with Crippen molar-refractivity contribution < 1.29 is 9.53 Å². The minimum Gasteiger partial charge on any atom is -0.378 e. The highest BCUT2D eigenvalue weighted by atomic mass is 16.5. The smallest absolute Gasteiger partial charge is 0.223 e. The summed E-state index contributed by atoms with van der Waals surface area (Å²) in [7, 11) is 0. The van der Waals surface area contributed by atoms with Crippen LogP contribution in [0.4, 0.5) is 0 Å². The van der Waals surface area contributed by atoms with Crippen molar-refractivity contribution in [3.63, 3.8) is 0 Å². The van der Waals surface area contributed by atoms with Crippen molar-refractivity contribution in [3.8, 4) is 0 Å². The second kappa shape index (κ2) is 7.75. The first kappa shape index (κ1) is 15.5. The largest absolute Gasteiger partial charge is 0.378 e. The molecule has 0 aromatic heterocycles. The van der Waals surface area contributed by atoms with Crippen LogP contribution < -0.4 is 5.32 Å². The van der Waals surface area contributed by atoms with Gasteiger partial charge in [0.15, 0.2) is 0 Å². The third-order valence-electron chi connectivity index (χ3n) is 4.82. The molecule has 0 saturated carbocycles. The summed E-state index contributed by atoms with van der Waals surface area (Å²) >= 11 is 0. The fourth-order valence-corrected chi connectivity index (χ4v) is 3.54. The van der Waals surface area contributed by atoms with E-state index in [0.717, 1.165) is 26.1 Å². The number of benzene rings is 1. The van der Waals surface area contributed by atoms with Gasteiger partial charge in [0, 0.05) is 31.5 Å². The Morgan fingerprint density at radius 1 is 1.23 bits per heavy atom. The number of nitrogens with one attached hydrogen (secondary N) is 1. The van der Waals surface area contributed by atoms with Gasteiger partial charge in [0.25, 0.3) is 0 Å². The first-order valence-electron chi connectivity index (χ1n) is 8.48. The second-order valence-corrected chi connectivity index (χ2v) is 6.27. The molecule has 2 fully saturated rings. The lowest BCUT2D eigenvalue weighted by molar-refractivity contribution is -0.135. The zero-order valence-corrected chi connectivity index (χ0v) is 13.2. The Labute approximate surface area is 132 Å². The minimum absolute atomic E-state index is 0.268. The topological polar surface area (TPSA) is 41.6 Å². The summed E-state index contributed by atoms with van der Waals surface area (Å²) in [5, 5.41) is 3.63. The highest BCUT2D eigenvalue weighted by Gasteiger charge is 2.29. The lowest BCUT2D eigenvalue weighted by Crippen LogP contribution is -2.44. The molecule has 2 atom stereocenters. The predicted molar refractivity (Wildman–Crippen MR) is 86.8 cm³/mol. The van der Waals surface area contributed by atoms with Crippen molar-refractivity contribution in [1.29, 1.82) is 0 Å². The highest BCUT2D eigenvalue weighted by Crippen LogP contribution is 2.29. The van der Waals surface area contributed by atoms with Crippen LogP contribution in [0.5, 0.6) is 0 Å². The number of rotatable bonds is 4. The van der Waals surface area contributed by atoms with E-state index < -0.39 is 0 Å². The zero-order chi connectivity index (χ0) is 15.2. The Balaban J connectivity index is 1.71. The Morgan fingerprint density at radius 3 is 2.68 bits per heavy atom. The molecule has 1 aromatic carbocycles. The van der Waals surface area contributed by atoms with Crippen molar-refractivity contribution in [1.82, 2.24) is 10.2 Å². The maximum absolute atomic E-state index is 12.7. The van der Waals surface area contributed by atoms with E-state index in [1.54, 1.807) is 0 Å². The molecular weight excluding hydrogens is 276 g/mol. The third kappa shape index (κ3) is 3.87. The van der Waals surface area contributed by atoms with Crippen LogP contribution in [0.3, 0.4) is 0 Å². The summed E-state index contributed by atoms with van der Waals surface area (Å²) in [4.78, 5) is 14.6. The average Bonchev–Trinajstić information content (AvgIpc) is 2.62. The molecule has 120 valence electrons. The monoisotopic (exact) mass is 302 g/mol. The van der Waals surface area contributed by atoms with E-state index in [1.165, 1.54) is 18.4 Å². The van der Waals surface area contributed by atoms with E-state index in [1.807, 2.05) is 11.0 Å². The van der Waals surface area contributed by atoms with Crippen LogP contribution in [0.2, 0.25) is 0 Å². The number of carbonyl (C=O) groups is 1. The highest BCUT2D eigenvalue weighted by molar-refractivity contribution is 5.77. The van der Waals surface area contributed by atoms with Crippen LogP contribution >= 0.6 is 0 Å². The molecule has 4 heteroatoms. The summed E-state index contributed by atoms with van der Waals surface area (Å²) in [6.45, 7) is 3.88. The number of carbonyl (C=O) groups excluding carboxylic acids is 1. The second-order valence-electron chi connectivity index (χ2n) is 6.27. The molecule has 0 bridgehead atoms. The summed E-state index contributed by atoms with van der Waals surface area (Å²) < 4.78 is 5.35. The van der Waals surface area contributed by atoms with Gasteiger partial charge in [0.1, 0.15) is 0 Å². The summed E-state index contributed by atoms with van der Waals surface area (Å²) in [5.41, 5.74) is 1.28. The Morgan fingerprint density at radius 2 is 2.00 bits per heavy atom.